The van der Waals surface area contributed by atoms with E-state index in [1.165, 1.54) is 30.1 Å². The van der Waals surface area contributed by atoms with Crippen LogP contribution in [-0.4, -0.2) is 9.80 Å². The predicted octanol–water partition coefficient (Wildman–Crippen LogP) is 3.61. The van der Waals surface area contributed by atoms with Crippen LogP contribution in [0.15, 0.2) is 0 Å². The monoisotopic (exact) mass is 260 g/mol. The van der Waals surface area contributed by atoms with E-state index in [1.807, 2.05) is 0 Å². The Morgan fingerprint density at radius 2 is 2.11 bits per heavy atom. The minimum atomic E-state index is 0.435. The van der Waals surface area contributed by atoms with Gasteiger partial charge in [0.1, 0.15) is 0 Å². The molecule has 0 nitrogen and oxygen atoms in total. The number of alkyl halides is 2. The minimum Gasteiger partial charge on any atom is -0.123 e. The van der Waals surface area contributed by atoms with E-state index in [9.17, 15) is 0 Å². The van der Waals surface area contributed by atoms with Gasteiger partial charge in [0.05, 0.1) is 0 Å². The first-order chi connectivity index (χ1) is 4.31. The van der Waals surface area contributed by atoms with Gasteiger partial charge in [0.15, 0.2) is 0 Å². The van der Waals surface area contributed by atoms with Crippen LogP contribution in [0.2, 0.25) is 0 Å². The normalized spacial score (nSPS) is 13.7. The zero-order chi connectivity index (χ0) is 7.11. The van der Waals surface area contributed by atoms with Crippen molar-refractivity contribution in [2.24, 2.45) is 0 Å². The average Bonchev–Trinajstić information content (AvgIpc) is 1.85. The Bertz CT molecular complexity index is 56.9. The highest BCUT2D eigenvalue weighted by Gasteiger charge is 2.00. The first-order valence-corrected chi connectivity index (χ1v) is 5.47. The van der Waals surface area contributed by atoms with E-state index in [0.29, 0.717) is 5.38 Å². The van der Waals surface area contributed by atoms with Crippen molar-refractivity contribution in [1.82, 2.24) is 0 Å². The highest BCUT2D eigenvalue weighted by molar-refractivity contribution is 14.1. The first kappa shape index (κ1) is 10.0. The average molecular weight is 261 g/mol. The SMILES string of the molecule is CCCC(Cl)CCCI. The summed E-state index contributed by atoms with van der Waals surface area (Å²) in [5.41, 5.74) is 0. The molecule has 0 bridgehead atoms. The van der Waals surface area contributed by atoms with Gasteiger partial charge in [0.2, 0.25) is 0 Å². The van der Waals surface area contributed by atoms with Gasteiger partial charge in [-0.2, -0.15) is 0 Å². The summed E-state index contributed by atoms with van der Waals surface area (Å²) in [6, 6.07) is 0. The van der Waals surface area contributed by atoms with Gasteiger partial charge in [-0.25, -0.2) is 0 Å². The summed E-state index contributed by atoms with van der Waals surface area (Å²) in [5, 5.41) is 0.435. The van der Waals surface area contributed by atoms with Crippen molar-refractivity contribution in [2.45, 2.75) is 38.0 Å². The summed E-state index contributed by atoms with van der Waals surface area (Å²) >= 11 is 8.35. The van der Waals surface area contributed by atoms with Crippen LogP contribution in [0.1, 0.15) is 32.6 Å². The molecule has 0 aliphatic heterocycles. The standard InChI is InChI=1S/C7H14ClI/c1-2-4-7(8)5-3-6-9/h7H,2-6H2,1H3. The van der Waals surface area contributed by atoms with Crippen LogP contribution in [0.25, 0.3) is 0 Å². The van der Waals surface area contributed by atoms with Crippen molar-refractivity contribution < 1.29 is 0 Å². The number of hydrogen-bond donors (Lipinski definition) is 0. The molecule has 0 spiro atoms. The number of hydrogen-bond acceptors (Lipinski definition) is 0. The second-order valence-corrected chi connectivity index (χ2v) is 3.91. The number of rotatable bonds is 5. The molecule has 1 atom stereocenters. The molecule has 0 rings (SSSR count). The maximum Gasteiger partial charge on any atom is 0.0336 e. The molecule has 0 aliphatic rings. The highest BCUT2D eigenvalue weighted by Crippen LogP contribution is 2.12. The molecule has 0 amide bonds. The summed E-state index contributed by atoms with van der Waals surface area (Å²) in [4.78, 5) is 0. The number of halogens is 2. The zero-order valence-electron chi connectivity index (χ0n) is 5.87. The van der Waals surface area contributed by atoms with E-state index >= 15 is 0 Å². The van der Waals surface area contributed by atoms with Gasteiger partial charge in [-0.15, -0.1) is 11.6 Å². The molecule has 0 heterocycles. The summed E-state index contributed by atoms with van der Waals surface area (Å²) < 4.78 is 1.24. The fourth-order valence-electron chi connectivity index (χ4n) is 0.756. The molecule has 2 heteroatoms. The van der Waals surface area contributed by atoms with E-state index in [4.69, 9.17) is 11.6 Å². The predicted molar refractivity (Wildman–Crippen MR) is 52.7 cm³/mol. The van der Waals surface area contributed by atoms with Gasteiger partial charge in [-0.1, -0.05) is 35.9 Å². The lowest BCUT2D eigenvalue weighted by atomic mass is 10.2. The van der Waals surface area contributed by atoms with Crippen LogP contribution in [0.3, 0.4) is 0 Å². The molecule has 0 aromatic carbocycles. The Labute approximate surface area is 76.5 Å². The maximum atomic E-state index is 5.96. The molecule has 0 aliphatic carbocycles. The smallest absolute Gasteiger partial charge is 0.0336 e. The summed E-state index contributed by atoms with van der Waals surface area (Å²) in [7, 11) is 0. The van der Waals surface area contributed by atoms with Gasteiger partial charge in [-0.3, -0.25) is 0 Å². The molecule has 56 valence electrons. The highest BCUT2D eigenvalue weighted by atomic mass is 127. The molecule has 0 N–H and O–H groups in total. The second-order valence-electron chi connectivity index (χ2n) is 2.22. The molecule has 1 unspecified atom stereocenters. The van der Waals surface area contributed by atoms with Crippen LogP contribution in [0.5, 0.6) is 0 Å². The summed E-state index contributed by atoms with van der Waals surface area (Å²) in [6.45, 7) is 2.18. The Morgan fingerprint density at radius 3 is 2.56 bits per heavy atom. The largest absolute Gasteiger partial charge is 0.123 e. The summed E-state index contributed by atoms with van der Waals surface area (Å²) in [5.74, 6) is 0. The molecule has 9 heavy (non-hydrogen) atoms. The third kappa shape index (κ3) is 6.91. The second kappa shape index (κ2) is 7.13. The van der Waals surface area contributed by atoms with Gasteiger partial charge in [-0.05, 0) is 23.7 Å². The van der Waals surface area contributed by atoms with E-state index in [0.717, 1.165) is 0 Å². The Balaban J connectivity index is 2.95. The van der Waals surface area contributed by atoms with Gasteiger partial charge in [0, 0.05) is 5.38 Å². The molecule has 0 aromatic rings. The van der Waals surface area contributed by atoms with Crippen molar-refractivity contribution in [3.63, 3.8) is 0 Å². The van der Waals surface area contributed by atoms with Crippen LogP contribution in [0.4, 0.5) is 0 Å². The lowest BCUT2D eigenvalue weighted by Gasteiger charge is -2.04. The lowest BCUT2D eigenvalue weighted by molar-refractivity contribution is 0.671. The first-order valence-electron chi connectivity index (χ1n) is 3.51. The van der Waals surface area contributed by atoms with Crippen LogP contribution in [-0.2, 0) is 0 Å². The zero-order valence-corrected chi connectivity index (χ0v) is 8.78. The van der Waals surface area contributed by atoms with E-state index in [-0.39, 0.29) is 0 Å². The Hall–Kier alpha value is 1.02. The topological polar surface area (TPSA) is 0 Å². The fourth-order valence-corrected chi connectivity index (χ4v) is 1.57. The molecule has 0 saturated heterocycles. The van der Waals surface area contributed by atoms with E-state index < -0.39 is 0 Å². The Kier molecular flexibility index (Phi) is 7.94. The van der Waals surface area contributed by atoms with Crippen LogP contribution < -0.4 is 0 Å². The van der Waals surface area contributed by atoms with Crippen molar-refractivity contribution in [2.75, 3.05) is 4.43 Å². The maximum absolute atomic E-state index is 5.96. The molecular formula is C7H14ClI. The molecule has 0 radical (unpaired) electrons. The lowest BCUT2D eigenvalue weighted by Crippen LogP contribution is -1.96. The van der Waals surface area contributed by atoms with Crippen LogP contribution >= 0.6 is 34.2 Å². The van der Waals surface area contributed by atoms with Gasteiger partial charge < -0.3 is 0 Å². The molecule has 0 aromatic heterocycles. The minimum absolute atomic E-state index is 0.435. The molecule has 0 fully saturated rings. The molecular weight excluding hydrogens is 246 g/mol. The van der Waals surface area contributed by atoms with Gasteiger partial charge >= 0.3 is 0 Å². The van der Waals surface area contributed by atoms with E-state index in [1.54, 1.807) is 0 Å². The third-order valence-corrected chi connectivity index (χ3v) is 2.45. The Morgan fingerprint density at radius 1 is 1.44 bits per heavy atom. The fraction of sp³-hybridized carbons (Fsp3) is 1.00. The third-order valence-electron chi connectivity index (χ3n) is 1.25. The molecule has 0 saturated carbocycles. The summed E-state index contributed by atoms with van der Waals surface area (Å²) in [6.07, 6.45) is 4.86. The van der Waals surface area contributed by atoms with Gasteiger partial charge in [0.25, 0.3) is 0 Å². The van der Waals surface area contributed by atoms with Crippen molar-refractivity contribution in [3.8, 4) is 0 Å². The van der Waals surface area contributed by atoms with Crippen molar-refractivity contribution >= 4 is 34.2 Å². The van der Waals surface area contributed by atoms with Crippen molar-refractivity contribution in [1.29, 1.82) is 0 Å². The van der Waals surface area contributed by atoms with Crippen LogP contribution in [0, 0.1) is 0 Å². The van der Waals surface area contributed by atoms with Crippen molar-refractivity contribution in [3.05, 3.63) is 0 Å². The quantitative estimate of drug-likeness (QED) is 0.523. The van der Waals surface area contributed by atoms with E-state index in [2.05, 4.69) is 29.5 Å².